The van der Waals surface area contributed by atoms with Gasteiger partial charge in [-0.05, 0) is 13.0 Å². The number of nitrogens with zero attached hydrogens (tertiary/aromatic N) is 2. The molecule has 0 bridgehead atoms. The largest absolute Gasteiger partial charge is 0.411 e. The molecule has 0 aliphatic heterocycles. The number of rotatable bonds is 2. The molecule has 0 aliphatic rings. The molecule has 0 radical (unpaired) electrons. The molecule has 0 amide bonds. The van der Waals surface area contributed by atoms with Gasteiger partial charge in [0.2, 0.25) is 0 Å². The van der Waals surface area contributed by atoms with Gasteiger partial charge in [0.05, 0.1) is 11.1 Å². The van der Waals surface area contributed by atoms with Crippen molar-refractivity contribution in [3.05, 3.63) is 39.2 Å². The van der Waals surface area contributed by atoms with Crippen LogP contribution >= 0.6 is 0 Å². The summed E-state index contributed by atoms with van der Waals surface area (Å²) >= 11 is 0. The molecule has 1 N–H and O–H groups in total. The molecule has 5 nitrogen and oxygen atoms in total. The average molecular weight is 198 g/mol. The van der Waals surface area contributed by atoms with E-state index in [-0.39, 0.29) is 16.8 Å². The van der Waals surface area contributed by atoms with Gasteiger partial charge < -0.3 is 5.21 Å². The van der Waals surface area contributed by atoms with E-state index in [2.05, 4.69) is 5.16 Å². The third kappa shape index (κ3) is 1.85. The van der Waals surface area contributed by atoms with Crippen LogP contribution in [0, 0.1) is 22.9 Å². The monoisotopic (exact) mass is 198 g/mol. The second-order valence-electron chi connectivity index (χ2n) is 2.66. The number of nitro groups is 1. The highest BCUT2D eigenvalue weighted by molar-refractivity contribution is 5.81. The van der Waals surface area contributed by atoms with Crippen LogP contribution in [0.4, 0.5) is 10.1 Å². The summed E-state index contributed by atoms with van der Waals surface area (Å²) in [6.45, 7) is 1.43. The van der Waals surface area contributed by atoms with Crippen molar-refractivity contribution in [3.8, 4) is 0 Å². The fraction of sp³-hybridized carbons (Fsp3) is 0.125. The predicted octanol–water partition coefficient (Wildman–Crippen LogP) is 1.85. The number of halogens is 1. The first-order valence-electron chi connectivity index (χ1n) is 3.68. The number of benzene rings is 1. The van der Waals surface area contributed by atoms with Gasteiger partial charge in [0, 0.05) is 17.2 Å². The Hall–Kier alpha value is -1.98. The van der Waals surface area contributed by atoms with E-state index in [1.807, 2.05) is 0 Å². The van der Waals surface area contributed by atoms with Gasteiger partial charge in [-0.3, -0.25) is 10.1 Å². The second-order valence-corrected chi connectivity index (χ2v) is 2.66. The number of hydrogen-bond acceptors (Lipinski definition) is 4. The molecule has 0 unspecified atom stereocenters. The SMILES string of the molecule is Cc1cc(F)c(C=NO)cc1[N+](=O)[O-]. The maximum atomic E-state index is 13.1. The fourth-order valence-electron chi connectivity index (χ4n) is 1.04. The first-order chi connectivity index (χ1) is 6.56. The minimum Gasteiger partial charge on any atom is -0.411 e. The summed E-state index contributed by atoms with van der Waals surface area (Å²) in [5, 5.41) is 21.3. The third-order valence-corrected chi connectivity index (χ3v) is 1.71. The van der Waals surface area contributed by atoms with E-state index in [1.165, 1.54) is 6.92 Å². The minimum atomic E-state index is -0.661. The Kier molecular flexibility index (Phi) is 2.76. The topological polar surface area (TPSA) is 75.7 Å². The highest BCUT2D eigenvalue weighted by Gasteiger charge is 2.14. The molecule has 0 fully saturated rings. The van der Waals surface area contributed by atoms with Crippen LogP contribution < -0.4 is 0 Å². The Morgan fingerprint density at radius 1 is 1.64 bits per heavy atom. The molecular formula is C8H7FN2O3. The van der Waals surface area contributed by atoms with Crippen LogP contribution in [0.25, 0.3) is 0 Å². The van der Waals surface area contributed by atoms with Gasteiger partial charge in [-0.25, -0.2) is 4.39 Å². The molecule has 0 heterocycles. The van der Waals surface area contributed by atoms with Gasteiger partial charge >= 0.3 is 0 Å². The van der Waals surface area contributed by atoms with Crippen molar-refractivity contribution in [1.29, 1.82) is 0 Å². The smallest absolute Gasteiger partial charge is 0.273 e. The van der Waals surface area contributed by atoms with E-state index in [1.54, 1.807) is 0 Å². The van der Waals surface area contributed by atoms with Gasteiger partial charge in [-0.15, -0.1) is 0 Å². The highest BCUT2D eigenvalue weighted by Crippen LogP contribution is 2.20. The number of aryl methyl sites for hydroxylation is 1. The van der Waals surface area contributed by atoms with Gasteiger partial charge in [-0.1, -0.05) is 5.16 Å². The predicted molar refractivity (Wildman–Crippen MR) is 47.2 cm³/mol. The zero-order valence-electron chi connectivity index (χ0n) is 7.27. The average Bonchev–Trinajstić information content (AvgIpc) is 2.09. The van der Waals surface area contributed by atoms with Crippen LogP contribution in [-0.2, 0) is 0 Å². The lowest BCUT2D eigenvalue weighted by atomic mass is 10.1. The molecule has 0 saturated heterocycles. The van der Waals surface area contributed by atoms with Gasteiger partial charge in [-0.2, -0.15) is 0 Å². The van der Waals surface area contributed by atoms with Crippen molar-refractivity contribution in [2.24, 2.45) is 5.16 Å². The Bertz CT molecular complexity index is 404. The summed E-state index contributed by atoms with van der Waals surface area (Å²) in [5.41, 5.74) is -0.103. The van der Waals surface area contributed by atoms with Gasteiger partial charge in [0.1, 0.15) is 5.82 Å². The van der Waals surface area contributed by atoms with E-state index < -0.39 is 10.7 Å². The molecule has 0 spiro atoms. The zero-order valence-corrected chi connectivity index (χ0v) is 7.27. The summed E-state index contributed by atoms with van der Waals surface area (Å²) < 4.78 is 13.1. The Balaban J connectivity index is 3.34. The maximum Gasteiger partial charge on any atom is 0.273 e. The maximum absolute atomic E-state index is 13.1. The molecule has 1 aromatic rings. The van der Waals surface area contributed by atoms with E-state index >= 15 is 0 Å². The third-order valence-electron chi connectivity index (χ3n) is 1.71. The van der Waals surface area contributed by atoms with Crippen molar-refractivity contribution >= 4 is 11.9 Å². The summed E-state index contributed by atoms with van der Waals surface area (Å²) in [6.07, 6.45) is 0.807. The van der Waals surface area contributed by atoms with Crippen molar-refractivity contribution in [3.63, 3.8) is 0 Å². The molecule has 1 aromatic carbocycles. The minimum absolute atomic E-state index is 0.121. The van der Waals surface area contributed by atoms with Crippen LogP contribution in [0.3, 0.4) is 0 Å². The van der Waals surface area contributed by atoms with Crippen LogP contribution in [0.1, 0.15) is 11.1 Å². The highest BCUT2D eigenvalue weighted by atomic mass is 19.1. The van der Waals surface area contributed by atoms with Gasteiger partial charge in [0.15, 0.2) is 0 Å². The second kappa shape index (κ2) is 3.82. The standard InChI is InChI=1S/C8H7FN2O3/c1-5-2-7(9)6(4-10-12)3-8(5)11(13)14/h2-4,12H,1H3. The molecular weight excluding hydrogens is 191 g/mol. The fourth-order valence-corrected chi connectivity index (χ4v) is 1.04. The van der Waals surface area contributed by atoms with Crippen LogP contribution in [0.15, 0.2) is 17.3 Å². The van der Waals surface area contributed by atoms with Crippen molar-refractivity contribution in [2.45, 2.75) is 6.92 Å². The molecule has 0 aromatic heterocycles. The number of oxime groups is 1. The van der Waals surface area contributed by atoms with Crippen molar-refractivity contribution in [1.82, 2.24) is 0 Å². The van der Waals surface area contributed by atoms with E-state index in [4.69, 9.17) is 5.21 Å². The molecule has 0 aliphatic carbocycles. The molecule has 74 valence electrons. The molecule has 0 saturated carbocycles. The van der Waals surface area contributed by atoms with Crippen LogP contribution in [0.2, 0.25) is 0 Å². The van der Waals surface area contributed by atoms with Crippen molar-refractivity contribution < 1.29 is 14.5 Å². The van der Waals surface area contributed by atoms with Gasteiger partial charge in [0.25, 0.3) is 5.69 Å². The summed E-state index contributed by atoms with van der Waals surface area (Å²) in [4.78, 5) is 9.84. The number of nitro benzene ring substituents is 1. The quantitative estimate of drug-likeness (QED) is 0.341. The lowest BCUT2D eigenvalue weighted by Crippen LogP contribution is -1.96. The van der Waals surface area contributed by atoms with Crippen molar-refractivity contribution in [2.75, 3.05) is 0 Å². The first-order valence-corrected chi connectivity index (χ1v) is 3.68. The Morgan fingerprint density at radius 2 is 2.29 bits per heavy atom. The van der Waals surface area contributed by atoms with Crippen LogP contribution in [0.5, 0.6) is 0 Å². The molecule has 6 heteroatoms. The van der Waals surface area contributed by atoms with E-state index in [9.17, 15) is 14.5 Å². The molecule has 0 atom stereocenters. The molecule has 1 rings (SSSR count). The normalized spacial score (nSPS) is 10.7. The van der Waals surface area contributed by atoms with Crippen LogP contribution in [-0.4, -0.2) is 16.3 Å². The zero-order chi connectivity index (χ0) is 10.7. The Labute approximate surface area is 78.6 Å². The Morgan fingerprint density at radius 3 is 2.79 bits per heavy atom. The number of hydrogen-bond donors (Lipinski definition) is 1. The van der Waals surface area contributed by atoms with E-state index in [0.717, 1.165) is 18.3 Å². The first kappa shape index (κ1) is 10.1. The summed E-state index contributed by atoms with van der Waals surface area (Å²) in [7, 11) is 0. The lowest BCUT2D eigenvalue weighted by Gasteiger charge is -1.99. The lowest BCUT2D eigenvalue weighted by molar-refractivity contribution is -0.385. The van der Waals surface area contributed by atoms with E-state index in [0.29, 0.717) is 0 Å². The summed E-state index contributed by atoms with van der Waals surface area (Å²) in [6, 6.07) is 2.04. The molecule has 14 heavy (non-hydrogen) atoms. The summed E-state index contributed by atoms with van der Waals surface area (Å²) in [5.74, 6) is -0.661.